The van der Waals surface area contributed by atoms with Crippen LogP contribution >= 0.6 is 0 Å². The summed E-state index contributed by atoms with van der Waals surface area (Å²) in [6.45, 7) is 8.58. The molecule has 0 aliphatic heterocycles. The number of hydrogen-bond donors (Lipinski definition) is 1. The van der Waals surface area contributed by atoms with Gasteiger partial charge in [0.15, 0.2) is 0 Å². The van der Waals surface area contributed by atoms with Crippen molar-refractivity contribution >= 4 is 41.0 Å². The van der Waals surface area contributed by atoms with Crippen LogP contribution in [-0.2, 0) is 36.8 Å². The molecule has 0 saturated heterocycles. The van der Waals surface area contributed by atoms with Gasteiger partial charge < -0.3 is 24.7 Å². The summed E-state index contributed by atoms with van der Waals surface area (Å²) in [6.07, 6.45) is 0.0944. The zero-order valence-corrected chi connectivity index (χ0v) is 34.0. The smallest absolute Gasteiger partial charge is 0.326 e. The number of aliphatic carboxylic acids is 1. The van der Waals surface area contributed by atoms with E-state index in [1.165, 1.54) is 42.8 Å². The third-order valence-corrected chi connectivity index (χ3v) is 9.06. The molecular formula is C38H58N10O6. The molecule has 4 atom stereocenters. The van der Waals surface area contributed by atoms with Crippen LogP contribution in [0.2, 0.25) is 0 Å². The fraction of sp³-hybridized carbons (Fsp3) is 0.553. The molecule has 0 radical (unpaired) electrons. The average Bonchev–Trinajstić information content (AvgIpc) is 3.10. The number of nitrogens with zero attached hydrogens (tertiary/aromatic N) is 10. The van der Waals surface area contributed by atoms with Gasteiger partial charge in [-0.05, 0) is 47.2 Å². The van der Waals surface area contributed by atoms with Crippen molar-refractivity contribution in [2.75, 3.05) is 56.4 Å². The van der Waals surface area contributed by atoms with Crippen LogP contribution in [0.25, 0.3) is 0 Å². The van der Waals surface area contributed by atoms with Crippen molar-refractivity contribution in [3.05, 3.63) is 59.7 Å². The Hall–Kier alpha value is -5.41. The maximum atomic E-state index is 14.6. The minimum absolute atomic E-state index is 0.00930. The molecule has 0 spiro atoms. The molecule has 16 nitrogen and oxygen atoms in total. The number of carbonyl (C=O) groups is 5. The van der Waals surface area contributed by atoms with E-state index in [0.29, 0.717) is 16.9 Å². The highest BCUT2D eigenvalue weighted by atomic mass is 16.4. The lowest BCUT2D eigenvalue weighted by molar-refractivity contribution is -0.157. The summed E-state index contributed by atoms with van der Waals surface area (Å²) < 4.78 is 0. The average molecular weight is 751 g/mol. The van der Waals surface area contributed by atoms with Crippen LogP contribution in [-0.4, -0.2) is 145 Å². The number of hydrogen-bond acceptors (Lipinski definition) is 9. The second-order valence-corrected chi connectivity index (χ2v) is 14.5. The molecule has 0 aliphatic carbocycles. The van der Waals surface area contributed by atoms with E-state index in [9.17, 15) is 29.1 Å². The summed E-state index contributed by atoms with van der Waals surface area (Å²) in [5.41, 5.74) is 2.56. The minimum Gasteiger partial charge on any atom is -0.480 e. The van der Waals surface area contributed by atoms with Crippen molar-refractivity contribution < 1.29 is 29.1 Å². The summed E-state index contributed by atoms with van der Waals surface area (Å²) in [7, 11) is 13.0. The molecule has 296 valence electrons. The Morgan fingerprint density at radius 1 is 0.537 bits per heavy atom. The first kappa shape index (κ1) is 44.7. The summed E-state index contributed by atoms with van der Waals surface area (Å²) in [5.74, 6) is -3.73. The summed E-state index contributed by atoms with van der Waals surface area (Å²) in [5, 5.41) is 29.6. The maximum absolute atomic E-state index is 14.6. The first-order chi connectivity index (χ1) is 25.2. The third-order valence-electron chi connectivity index (χ3n) is 9.06. The molecule has 4 amide bonds. The second-order valence-electron chi connectivity index (χ2n) is 14.5. The van der Waals surface area contributed by atoms with E-state index in [2.05, 4.69) is 20.7 Å². The molecule has 2 aromatic rings. The molecular weight excluding hydrogens is 692 g/mol. The molecule has 0 saturated carbocycles. The van der Waals surface area contributed by atoms with Crippen molar-refractivity contribution in [3.63, 3.8) is 0 Å². The number of amides is 4. The lowest BCUT2D eigenvalue weighted by Gasteiger charge is -2.40. The first-order valence-corrected chi connectivity index (χ1v) is 17.8. The molecule has 0 aliphatic rings. The highest BCUT2D eigenvalue weighted by Crippen LogP contribution is 2.23. The van der Waals surface area contributed by atoms with E-state index in [0.717, 1.165) is 10.5 Å². The van der Waals surface area contributed by atoms with Gasteiger partial charge in [0.25, 0.3) is 0 Å². The standard InChI is InChI=1S/C38H58N10O6/c1-24(2)33(45(10)26(5)49)36(51)46(11)31(22-27-14-18-29(19-15-27)39-41-43(6)7)35(50)48(13)34(25(3)4)37(52)47(12)32(38(53)54)23-28-16-20-30(21-17-28)40-42-44(8)9/h14-21,24-25,31-34H,22-23H2,1-13H3,(H,53,54). The quantitative estimate of drug-likeness (QED) is 0.173. The van der Waals surface area contributed by atoms with Crippen LogP contribution in [0, 0.1) is 11.8 Å². The molecule has 2 aromatic carbocycles. The zero-order chi connectivity index (χ0) is 41.0. The van der Waals surface area contributed by atoms with Gasteiger partial charge in [0.05, 0.1) is 11.4 Å². The Morgan fingerprint density at radius 3 is 1.22 bits per heavy atom. The molecule has 1 N–H and O–H groups in total. The van der Waals surface area contributed by atoms with Crippen LogP contribution in [0.5, 0.6) is 0 Å². The molecule has 54 heavy (non-hydrogen) atoms. The predicted molar refractivity (Wildman–Crippen MR) is 206 cm³/mol. The molecule has 0 fully saturated rings. The minimum atomic E-state index is -1.24. The van der Waals surface area contributed by atoms with E-state index >= 15 is 0 Å². The summed E-state index contributed by atoms with van der Waals surface area (Å²) >= 11 is 0. The molecule has 0 bridgehead atoms. The third kappa shape index (κ3) is 12.3. The normalized spacial score (nSPS) is 13.8. The Bertz CT molecular complexity index is 1640. The van der Waals surface area contributed by atoms with Gasteiger partial charge >= 0.3 is 5.97 Å². The lowest BCUT2D eigenvalue weighted by atomic mass is 9.95. The lowest BCUT2D eigenvalue weighted by Crippen LogP contribution is -2.60. The number of rotatable bonds is 18. The van der Waals surface area contributed by atoms with Crippen molar-refractivity contribution in [1.29, 1.82) is 0 Å². The van der Waals surface area contributed by atoms with Gasteiger partial charge in [0.1, 0.15) is 24.2 Å². The van der Waals surface area contributed by atoms with Crippen LogP contribution in [0.3, 0.4) is 0 Å². The molecule has 2 rings (SSSR count). The number of carboxylic acid groups (broad SMARTS) is 1. The van der Waals surface area contributed by atoms with Gasteiger partial charge in [-0.1, -0.05) is 62.4 Å². The number of likely N-dealkylation sites (N-methyl/N-ethyl adjacent to an activating group) is 4. The van der Waals surface area contributed by atoms with Crippen molar-refractivity contribution in [3.8, 4) is 0 Å². The zero-order valence-electron chi connectivity index (χ0n) is 34.0. The second kappa shape index (κ2) is 20.2. The fourth-order valence-electron chi connectivity index (χ4n) is 5.99. The SMILES string of the molecule is CC(=O)N(C)C(C(=O)N(C)C(Cc1ccc(N=NN(C)C)cc1)C(=O)N(C)C(C(=O)N(C)C(Cc1ccc(N=NN(C)C)cc1)C(=O)O)C(C)C)C(C)C. The van der Waals surface area contributed by atoms with Gasteiger partial charge in [-0.15, -0.1) is 10.2 Å². The fourth-order valence-corrected chi connectivity index (χ4v) is 5.99. The van der Waals surface area contributed by atoms with Gasteiger partial charge in [-0.25, -0.2) is 4.79 Å². The Morgan fingerprint density at radius 2 is 0.889 bits per heavy atom. The molecule has 4 unspecified atom stereocenters. The largest absolute Gasteiger partial charge is 0.480 e. The van der Waals surface area contributed by atoms with E-state index in [4.69, 9.17) is 0 Å². The summed E-state index contributed by atoms with van der Waals surface area (Å²) in [4.78, 5) is 73.2. The van der Waals surface area contributed by atoms with E-state index in [1.807, 2.05) is 13.8 Å². The molecule has 0 heterocycles. The van der Waals surface area contributed by atoms with Crippen molar-refractivity contribution in [2.24, 2.45) is 32.5 Å². The van der Waals surface area contributed by atoms with Crippen LogP contribution < -0.4 is 0 Å². The van der Waals surface area contributed by atoms with Crippen molar-refractivity contribution in [2.45, 2.75) is 71.6 Å². The van der Waals surface area contributed by atoms with Crippen molar-refractivity contribution in [1.82, 2.24) is 29.6 Å². The first-order valence-electron chi connectivity index (χ1n) is 17.8. The van der Waals surface area contributed by atoms with E-state index in [1.54, 1.807) is 108 Å². The van der Waals surface area contributed by atoms with E-state index < -0.39 is 53.8 Å². The van der Waals surface area contributed by atoms with Crippen LogP contribution in [0.15, 0.2) is 69.2 Å². The van der Waals surface area contributed by atoms with Gasteiger partial charge in [0.2, 0.25) is 23.6 Å². The highest BCUT2D eigenvalue weighted by molar-refractivity contribution is 5.95. The summed E-state index contributed by atoms with van der Waals surface area (Å²) in [6, 6.07) is 9.72. The van der Waals surface area contributed by atoms with Crippen LogP contribution in [0.1, 0.15) is 45.7 Å². The Labute approximate surface area is 319 Å². The monoisotopic (exact) mass is 750 g/mol. The topological polar surface area (TPSA) is 174 Å². The highest BCUT2D eigenvalue weighted by Gasteiger charge is 2.41. The molecule has 0 aromatic heterocycles. The molecule has 16 heteroatoms. The number of carboxylic acids is 1. The number of carbonyl (C=O) groups excluding carboxylic acids is 4. The predicted octanol–water partition coefficient (Wildman–Crippen LogP) is 4.32. The Kier molecular flexibility index (Phi) is 16.7. The van der Waals surface area contributed by atoms with Gasteiger partial charge in [-0.3, -0.25) is 29.2 Å². The van der Waals surface area contributed by atoms with Gasteiger partial charge in [0, 0.05) is 76.1 Å². The Balaban J connectivity index is 2.51. The maximum Gasteiger partial charge on any atom is 0.326 e. The van der Waals surface area contributed by atoms with E-state index in [-0.39, 0.29) is 24.7 Å². The number of benzene rings is 2. The van der Waals surface area contributed by atoms with Crippen LogP contribution in [0.4, 0.5) is 11.4 Å². The van der Waals surface area contributed by atoms with Gasteiger partial charge in [-0.2, -0.15) is 0 Å².